The van der Waals surface area contributed by atoms with Gasteiger partial charge < -0.3 is 9.47 Å². The number of halogens is 9. The summed E-state index contributed by atoms with van der Waals surface area (Å²) >= 11 is 0. The van der Waals surface area contributed by atoms with E-state index in [2.05, 4.69) is 9.47 Å². The molecular formula is C25H19F9O2. The Balaban J connectivity index is 1.76. The van der Waals surface area contributed by atoms with E-state index in [1.807, 2.05) is 6.92 Å². The molecule has 36 heavy (non-hydrogen) atoms. The molecule has 194 valence electrons. The highest BCUT2D eigenvalue weighted by Crippen LogP contribution is 2.38. The van der Waals surface area contributed by atoms with E-state index in [9.17, 15) is 39.5 Å². The second-order valence-corrected chi connectivity index (χ2v) is 7.85. The van der Waals surface area contributed by atoms with Crippen molar-refractivity contribution >= 4 is 0 Å². The molecular weight excluding hydrogens is 503 g/mol. The summed E-state index contributed by atoms with van der Waals surface area (Å²) in [5, 5.41) is 0. The zero-order chi connectivity index (χ0) is 26.7. The van der Waals surface area contributed by atoms with Gasteiger partial charge in [0.1, 0.15) is 28.7 Å². The van der Waals surface area contributed by atoms with Crippen molar-refractivity contribution in [1.82, 2.24) is 0 Å². The minimum Gasteiger partial charge on any atom is -0.429 e. The largest absolute Gasteiger partial charge is 0.432 e. The van der Waals surface area contributed by atoms with Gasteiger partial charge in [0.15, 0.2) is 17.5 Å². The molecule has 0 saturated carbocycles. The maximum absolute atomic E-state index is 14.6. The third-order valence-electron chi connectivity index (χ3n) is 5.10. The van der Waals surface area contributed by atoms with Gasteiger partial charge in [-0.15, -0.1) is 0 Å². The number of unbranched alkanes of at least 4 members (excludes halogenated alkanes) is 2. The first-order valence-electron chi connectivity index (χ1n) is 10.7. The SMILES string of the molecule is CCCCCc1cc(F)c(C(F)(F)Oc2ccc(C(F)(F)Oc3cc(F)c(F)c(F)c3)cc2)c(F)c1. The standard InChI is InChI=1S/C25H19F9O2/c1-2-3-4-5-14-10-18(26)22(19(27)11-14)25(33,34)35-16-8-6-15(7-9-16)24(31,32)36-17-12-20(28)23(30)21(29)13-17/h6-13H,2-5H2,1H3. The second kappa shape index (κ2) is 10.7. The molecule has 0 aromatic heterocycles. The monoisotopic (exact) mass is 522 g/mol. The molecule has 11 heteroatoms. The van der Waals surface area contributed by atoms with Crippen LogP contribution in [0, 0.1) is 29.1 Å². The van der Waals surface area contributed by atoms with E-state index in [0.29, 0.717) is 37.1 Å². The third kappa shape index (κ3) is 6.24. The fourth-order valence-corrected chi connectivity index (χ4v) is 3.34. The van der Waals surface area contributed by atoms with Gasteiger partial charge >= 0.3 is 12.2 Å². The average Bonchev–Trinajstić information content (AvgIpc) is 2.76. The number of aryl methyl sites for hydroxylation is 1. The third-order valence-corrected chi connectivity index (χ3v) is 5.10. The Kier molecular flexibility index (Phi) is 8.10. The van der Waals surface area contributed by atoms with E-state index in [4.69, 9.17) is 0 Å². The zero-order valence-corrected chi connectivity index (χ0v) is 18.7. The van der Waals surface area contributed by atoms with Crippen LogP contribution in [0.3, 0.4) is 0 Å². The highest BCUT2D eigenvalue weighted by molar-refractivity contribution is 5.33. The minimum absolute atomic E-state index is 0.197. The van der Waals surface area contributed by atoms with Crippen LogP contribution in [0.15, 0.2) is 48.5 Å². The van der Waals surface area contributed by atoms with Crippen LogP contribution in [0.5, 0.6) is 11.5 Å². The molecule has 0 saturated heterocycles. The molecule has 0 atom stereocenters. The van der Waals surface area contributed by atoms with Gasteiger partial charge in [-0.3, -0.25) is 0 Å². The Hall–Kier alpha value is -3.37. The summed E-state index contributed by atoms with van der Waals surface area (Å²) < 4.78 is 135. The zero-order valence-electron chi connectivity index (χ0n) is 18.7. The van der Waals surface area contributed by atoms with Gasteiger partial charge in [0.05, 0.1) is 5.56 Å². The fourth-order valence-electron chi connectivity index (χ4n) is 3.34. The fraction of sp³-hybridized carbons (Fsp3) is 0.280. The van der Waals surface area contributed by atoms with E-state index in [-0.39, 0.29) is 17.7 Å². The summed E-state index contributed by atoms with van der Waals surface area (Å²) in [7, 11) is 0. The van der Waals surface area contributed by atoms with Crippen LogP contribution in [0.25, 0.3) is 0 Å². The first-order valence-corrected chi connectivity index (χ1v) is 10.7. The Morgan fingerprint density at radius 1 is 0.639 bits per heavy atom. The number of alkyl halides is 4. The number of ether oxygens (including phenoxy) is 2. The van der Waals surface area contributed by atoms with Crippen molar-refractivity contribution in [2.45, 2.75) is 44.8 Å². The van der Waals surface area contributed by atoms with Gasteiger partial charge in [0.2, 0.25) is 0 Å². The Morgan fingerprint density at radius 2 is 1.17 bits per heavy atom. The van der Waals surface area contributed by atoms with Gasteiger partial charge in [0.25, 0.3) is 0 Å². The number of hydrogen-bond donors (Lipinski definition) is 0. The van der Waals surface area contributed by atoms with Crippen LogP contribution in [-0.4, -0.2) is 0 Å². The molecule has 3 aromatic carbocycles. The molecule has 0 spiro atoms. The summed E-state index contributed by atoms with van der Waals surface area (Å²) in [6, 6.07) is 4.45. The van der Waals surface area contributed by atoms with Crippen LogP contribution >= 0.6 is 0 Å². The molecule has 0 N–H and O–H groups in total. The minimum atomic E-state index is -4.49. The number of rotatable bonds is 10. The van der Waals surface area contributed by atoms with Crippen LogP contribution in [0.4, 0.5) is 39.5 Å². The van der Waals surface area contributed by atoms with Crippen LogP contribution < -0.4 is 9.47 Å². The van der Waals surface area contributed by atoms with E-state index in [1.54, 1.807) is 0 Å². The predicted molar refractivity (Wildman–Crippen MR) is 111 cm³/mol. The molecule has 0 fully saturated rings. The summed E-state index contributed by atoms with van der Waals surface area (Å²) in [6.07, 6.45) is -6.14. The summed E-state index contributed by atoms with van der Waals surface area (Å²) in [4.78, 5) is 0. The van der Waals surface area contributed by atoms with Gasteiger partial charge in [-0.2, -0.15) is 17.6 Å². The van der Waals surface area contributed by atoms with Gasteiger partial charge in [0, 0.05) is 12.1 Å². The van der Waals surface area contributed by atoms with Crippen LogP contribution in [0.2, 0.25) is 0 Å². The maximum Gasteiger partial charge on any atom is 0.432 e. The van der Waals surface area contributed by atoms with Crippen molar-refractivity contribution in [2.75, 3.05) is 0 Å². The molecule has 3 rings (SSSR count). The lowest BCUT2D eigenvalue weighted by molar-refractivity contribution is -0.190. The Labute approximate surface area is 200 Å². The van der Waals surface area contributed by atoms with Crippen LogP contribution in [-0.2, 0) is 18.6 Å². The van der Waals surface area contributed by atoms with E-state index in [0.717, 1.165) is 25.0 Å². The van der Waals surface area contributed by atoms with Crippen molar-refractivity contribution in [3.63, 3.8) is 0 Å². The first kappa shape index (κ1) is 27.2. The lowest BCUT2D eigenvalue weighted by atomic mass is 10.0. The van der Waals surface area contributed by atoms with Crippen LogP contribution in [0.1, 0.15) is 42.9 Å². The average molecular weight is 522 g/mol. The van der Waals surface area contributed by atoms with Gasteiger partial charge in [-0.1, -0.05) is 19.8 Å². The maximum atomic E-state index is 14.6. The topological polar surface area (TPSA) is 18.5 Å². The highest BCUT2D eigenvalue weighted by Gasteiger charge is 2.41. The summed E-state index contributed by atoms with van der Waals surface area (Å²) in [5.74, 6) is -10.2. The lowest BCUT2D eigenvalue weighted by Gasteiger charge is -2.21. The Morgan fingerprint density at radius 3 is 1.69 bits per heavy atom. The number of benzene rings is 3. The number of hydrogen-bond acceptors (Lipinski definition) is 2. The molecule has 0 aliphatic heterocycles. The van der Waals surface area contributed by atoms with Gasteiger partial charge in [-0.25, -0.2) is 22.0 Å². The van der Waals surface area contributed by atoms with E-state index < -0.39 is 63.9 Å². The molecule has 0 aliphatic rings. The molecule has 0 unspecified atom stereocenters. The molecule has 0 radical (unpaired) electrons. The summed E-state index contributed by atoms with van der Waals surface area (Å²) in [6.45, 7) is 1.93. The highest BCUT2D eigenvalue weighted by atomic mass is 19.3. The lowest BCUT2D eigenvalue weighted by Crippen LogP contribution is -2.26. The van der Waals surface area contributed by atoms with Crippen molar-refractivity contribution in [3.05, 3.63) is 94.3 Å². The van der Waals surface area contributed by atoms with Crippen molar-refractivity contribution in [2.24, 2.45) is 0 Å². The predicted octanol–water partition coefficient (Wildman–Crippen LogP) is 8.37. The van der Waals surface area contributed by atoms with Crippen molar-refractivity contribution < 1.29 is 49.0 Å². The first-order chi connectivity index (χ1) is 16.8. The van der Waals surface area contributed by atoms with Crippen molar-refractivity contribution in [1.29, 1.82) is 0 Å². The van der Waals surface area contributed by atoms with Crippen molar-refractivity contribution in [3.8, 4) is 11.5 Å². The Bertz CT molecular complexity index is 1160. The smallest absolute Gasteiger partial charge is 0.429 e. The quantitative estimate of drug-likeness (QED) is 0.151. The van der Waals surface area contributed by atoms with E-state index in [1.165, 1.54) is 0 Å². The molecule has 2 nitrogen and oxygen atoms in total. The molecule has 0 heterocycles. The summed E-state index contributed by atoms with van der Waals surface area (Å²) in [5.41, 5.74) is -2.39. The molecule has 0 aliphatic carbocycles. The molecule has 0 bridgehead atoms. The van der Waals surface area contributed by atoms with E-state index >= 15 is 0 Å². The molecule has 0 amide bonds. The second-order valence-electron chi connectivity index (χ2n) is 7.85. The van der Waals surface area contributed by atoms with Gasteiger partial charge in [-0.05, 0) is 54.8 Å². The normalized spacial score (nSPS) is 12.1. The molecule has 3 aromatic rings.